The normalized spacial score (nSPS) is 10.7. The number of rotatable bonds is 11. The van der Waals surface area contributed by atoms with Crippen LogP contribution >= 0.6 is 0 Å². The molecule has 0 heterocycles. The SMILES string of the molecule is CCN(CCCC(=O)OC)c1ccc(N=Nc2ccc([N+](=O)[O-])cc2[N+](=O)[O-])c(OC)c1. The summed E-state index contributed by atoms with van der Waals surface area (Å²) >= 11 is 0. The van der Waals surface area contributed by atoms with Crippen molar-refractivity contribution in [2.75, 3.05) is 32.2 Å². The first-order valence-electron chi connectivity index (χ1n) is 9.65. The van der Waals surface area contributed by atoms with E-state index in [1.54, 1.807) is 18.2 Å². The lowest BCUT2D eigenvalue weighted by Crippen LogP contribution is -2.24. The Bertz CT molecular complexity index is 1030. The zero-order chi connectivity index (χ0) is 23.7. The highest BCUT2D eigenvalue weighted by Crippen LogP contribution is 2.36. The molecular formula is C20H23N5O7. The minimum Gasteiger partial charge on any atom is -0.494 e. The number of ether oxygens (including phenoxy) is 2. The Morgan fingerprint density at radius 2 is 1.72 bits per heavy atom. The van der Waals surface area contributed by atoms with Crippen molar-refractivity contribution in [1.82, 2.24) is 0 Å². The van der Waals surface area contributed by atoms with Gasteiger partial charge in [0.2, 0.25) is 0 Å². The molecule has 12 nitrogen and oxygen atoms in total. The molecule has 0 aromatic heterocycles. The fraction of sp³-hybridized carbons (Fsp3) is 0.350. The average molecular weight is 445 g/mol. The first kappa shape index (κ1) is 24.2. The number of esters is 1. The topological polar surface area (TPSA) is 150 Å². The third-order valence-electron chi connectivity index (χ3n) is 4.58. The molecule has 0 aliphatic heterocycles. The molecule has 0 saturated heterocycles. The highest BCUT2D eigenvalue weighted by atomic mass is 16.6. The number of anilines is 1. The number of methoxy groups -OCH3 is 2. The summed E-state index contributed by atoms with van der Waals surface area (Å²) in [6.45, 7) is 3.30. The van der Waals surface area contributed by atoms with E-state index in [-0.39, 0.29) is 11.7 Å². The van der Waals surface area contributed by atoms with E-state index in [1.807, 2.05) is 11.8 Å². The number of carbonyl (C=O) groups excluding carboxylic acids is 1. The molecule has 12 heteroatoms. The van der Waals surface area contributed by atoms with Crippen molar-refractivity contribution < 1.29 is 24.1 Å². The number of azo groups is 1. The predicted octanol–water partition coefficient (Wildman–Crippen LogP) is 4.71. The summed E-state index contributed by atoms with van der Waals surface area (Å²) in [4.78, 5) is 34.0. The molecule has 32 heavy (non-hydrogen) atoms. The first-order valence-corrected chi connectivity index (χ1v) is 9.65. The van der Waals surface area contributed by atoms with Crippen LogP contribution in [0.3, 0.4) is 0 Å². The maximum atomic E-state index is 11.3. The highest BCUT2D eigenvalue weighted by molar-refractivity contribution is 5.69. The van der Waals surface area contributed by atoms with Crippen molar-refractivity contribution in [2.45, 2.75) is 19.8 Å². The van der Waals surface area contributed by atoms with Gasteiger partial charge < -0.3 is 14.4 Å². The first-order chi connectivity index (χ1) is 15.3. The van der Waals surface area contributed by atoms with Gasteiger partial charge in [-0.1, -0.05) is 0 Å². The molecule has 2 aromatic carbocycles. The molecule has 0 bridgehead atoms. The molecule has 0 aliphatic carbocycles. The minimum absolute atomic E-state index is 0.121. The van der Waals surface area contributed by atoms with Crippen LogP contribution in [0.1, 0.15) is 19.8 Å². The van der Waals surface area contributed by atoms with Crippen molar-refractivity contribution >= 4 is 34.4 Å². The van der Waals surface area contributed by atoms with E-state index in [0.29, 0.717) is 37.4 Å². The average Bonchev–Trinajstić information content (AvgIpc) is 2.79. The van der Waals surface area contributed by atoms with Gasteiger partial charge in [-0.05, 0) is 31.5 Å². The largest absolute Gasteiger partial charge is 0.494 e. The zero-order valence-corrected chi connectivity index (χ0v) is 17.9. The fourth-order valence-electron chi connectivity index (χ4n) is 2.90. The molecule has 0 saturated carbocycles. The number of hydrogen-bond acceptors (Lipinski definition) is 10. The van der Waals surface area contributed by atoms with Crippen LogP contribution in [0, 0.1) is 20.2 Å². The summed E-state index contributed by atoms with van der Waals surface area (Å²) in [5, 5.41) is 30.0. The number of non-ortho nitro benzene ring substituents is 1. The number of carbonyl (C=O) groups is 1. The van der Waals surface area contributed by atoms with E-state index in [4.69, 9.17) is 4.74 Å². The monoisotopic (exact) mass is 445 g/mol. The van der Waals surface area contributed by atoms with Gasteiger partial charge >= 0.3 is 11.7 Å². The molecule has 0 aliphatic rings. The zero-order valence-electron chi connectivity index (χ0n) is 17.9. The van der Waals surface area contributed by atoms with Crippen LogP contribution in [0.15, 0.2) is 46.6 Å². The summed E-state index contributed by atoms with van der Waals surface area (Å²) in [6, 6.07) is 8.32. The second kappa shape index (κ2) is 11.3. The molecule has 0 atom stereocenters. The maximum Gasteiger partial charge on any atom is 0.305 e. The number of nitro groups is 2. The van der Waals surface area contributed by atoms with Crippen LogP contribution in [0.2, 0.25) is 0 Å². The van der Waals surface area contributed by atoms with Crippen LogP contribution in [0.25, 0.3) is 0 Å². The second-order valence-electron chi connectivity index (χ2n) is 6.50. The lowest BCUT2D eigenvalue weighted by atomic mass is 10.2. The Labute approximate surface area is 183 Å². The third-order valence-corrected chi connectivity index (χ3v) is 4.58. The summed E-state index contributed by atoms with van der Waals surface area (Å²) in [6.07, 6.45) is 0.929. The van der Waals surface area contributed by atoms with Gasteiger partial charge in [0.25, 0.3) is 5.69 Å². The number of hydrogen-bond donors (Lipinski definition) is 0. The van der Waals surface area contributed by atoms with Crippen LogP contribution < -0.4 is 9.64 Å². The fourth-order valence-corrected chi connectivity index (χ4v) is 2.90. The summed E-state index contributed by atoms with van der Waals surface area (Å²) < 4.78 is 10.0. The second-order valence-corrected chi connectivity index (χ2v) is 6.50. The quantitative estimate of drug-likeness (QED) is 0.209. The Kier molecular flexibility index (Phi) is 8.57. The van der Waals surface area contributed by atoms with E-state index < -0.39 is 21.2 Å². The highest BCUT2D eigenvalue weighted by Gasteiger charge is 2.19. The summed E-state index contributed by atoms with van der Waals surface area (Å²) in [5.41, 5.74) is 0.111. The van der Waals surface area contributed by atoms with Gasteiger partial charge in [-0.2, -0.15) is 0 Å². The summed E-state index contributed by atoms with van der Waals surface area (Å²) in [7, 11) is 2.81. The van der Waals surface area contributed by atoms with Gasteiger partial charge in [0.05, 0.1) is 30.1 Å². The summed E-state index contributed by atoms with van der Waals surface area (Å²) in [5.74, 6) is 0.122. The lowest BCUT2D eigenvalue weighted by Gasteiger charge is -2.23. The molecule has 0 radical (unpaired) electrons. The van der Waals surface area contributed by atoms with Crippen molar-refractivity contribution in [2.24, 2.45) is 10.2 Å². The van der Waals surface area contributed by atoms with Crippen LogP contribution in [0.5, 0.6) is 5.75 Å². The molecule has 170 valence electrons. The van der Waals surface area contributed by atoms with Crippen LogP contribution in [-0.4, -0.2) is 43.1 Å². The smallest absolute Gasteiger partial charge is 0.305 e. The van der Waals surface area contributed by atoms with Crippen molar-refractivity contribution in [3.05, 3.63) is 56.6 Å². The molecule has 0 N–H and O–H groups in total. The van der Waals surface area contributed by atoms with Gasteiger partial charge in [0.1, 0.15) is 11.4 Å². The third kappa shape index (κ3) is 6.20. The molecule has 2 rings (SSSR count). The van der Waals surface area contributed by atoms with Gasteiger partial charge in [-0.15, -0.1) is 10.2 Å². The number of benzene rings is 2. The van der Waals surface area contributed by atoms with E-state index in [0.717, 1.165) is 17.8 Å². The van der Waals surface area contributed by atoms with Crippen LogP contribution in [0.4, 0.5) is 28.4 Å². The standard InChI is InChI=1S/C20H23N5O7/c1-4-23(11-5-6-20(26)32-3)14-7-10-17(19(13-14)31-2)22-21-16-9-8-15(24(27)28)12-18(16)25(29)30/h7-10,12-13H,4-6,11H2,1-3H3. The molecule has 0 spiro atoms. The molecule has 0 amide bonds. The van der Waals surface area contributed by atoms with E-state index >= 15 is 0 Å². The minimum atomic E-state index is -0.755. The van der Waals surface area contributed by atoms with Crippen molar-refractivity contribution in [3.8, 4) is 5.75 Å². The molecule has 0 fully saturated rings. The van der Waals surface area contributed by atoms with Crippen molar-refractivity contribution in [1.29, 1.82) is 0 Å². The van der Waals surface area contributed by atoms with Gasteiger partial charge in [0.15, 0.2) is 5.69 Å². The molecule has 2 aromatic rings. The predicted molar refractivity (Wildman–Crippen MR) is 116 cm³/mol. The van der Waals surface area contributed by atoms with Gasteiger partial charge in [0, 0.05) is 37.3 Å². The van der Waals surface area contributed by atoms with Crippen LogP contribution in [-0.2, 0) is 9.53 Å². The Balaban J connectivity index is 2.26. The van der Waals surface area contributed by atoms with E-state index in [2.05, 4.69) is 15.0 Å². The Hall–Kier alpha value is -4.09. The Morgan fingerprint density at radius 3 is 2.31 bits per heavy atom. The van der Waals surface area contributed by atoms with Gasteiger partial charge in [-0.3, -0.25) is 25.0 Å². The number of nitrogens with zero attached hydrogens (tertiary/aromatic N) is 5. The Morgan fingerprint density at radius 1 is 1.03 bits per heavy atom. The molecular weight excluding hydrogens is 422 g/mol. The number of nitro benzene ring substituents is 2. The molecule has 0 unspecified atom stereocenters. The van der Waals surface area contributed by atoms with E-state index in [9.17, 15) is 25.0 Å². The lowest BCUT2D eigenvalue weighted by molar-refractivity contribution is -0.393. The van der Waals surface area contributed by atoms with Crippen molar-refractivity contribution in [3.63, 3.8) is 0 Å². The maximum absolute atomic E-state index is 11.3. The van der Waals surface area contributed by atoms with E-state index in [1.165, 1.54) is 20.3 Å². The van der Waals surface area contributed by atoms with Gasteiger partial charge in [-0.25, -0.2) is 0 Å².